The normalized spacial score (nSPS) is 16.9. The summed E-state index contributed by atoms with van der Waals surface area (Å²) in [6, 6.07) is 0. The number of nitrogens with zero attached hydrogens (tertiary/aromatic N) is 3. The number of rotatable bonds is 4. The van der Waals surface area contributed by atoms with Crippen LogP contribution in [-0.2, 0) is 0 Å². The molecule has 2 rings (SSSR count). The molecule has 0 unspecified atom stereocenters. The maximum atomic E-state index is 12.3. The van der Waals surface area contributed by atoms with Crippen LogP contribution in [0.15, 0.2) is 0 Å². The van der Waals surface area contributed by atoms with E-state index in [-0.39, 0.29) is 5.91 Å². The van der Waals surface area contributed by atoms with E-state index in [9.17, 15) is 4.79 Å². The predicted molar refractivity (Wildman–Crippen MR) is 79.1 cm³/mol. The summed E-state index contributed by atoms with van der Waals surface area (Å²) >= 11 is 7.92. The minimum atomic E-state index is -0.0705. The minimum absolute atomic E-state index is 0.0705. The van der Waals surface area contributed by atoms with Gasteiger partial charge in [-0.25, -0.2) is 0 Å². The van der Waals surface area contributed by atoms with Crippen molar-refractivity contribution in [3.8, 4) is 0 Å². The number of aromatic amines is 1. The molecule has 1 aromatic rings. The molecule has 1 aliphatic heterocycles. The lowest BCUT2D eigenvalue weighted by atomic mass is 10.2. The zero-order valence-corrected chi connectivity index (χ0v) is 12.9. The first-order valence-electron chi connectivity index (χ1n) is 6.34. The molecule has 1 saturated heterocycles. The molecule has 1 amide bonds. The van der Waals surface area contributed by atoms with Crippen molar-refractivity contribution >= 4 is 29.3 Å². The van der Waals surface area contributed by atoms with E-state index in [1.165, 1.54) is 0 Å². The third-order valence-electron chi connectivity index (χ3n) is 3.35. The molecular weight excluding hydrogens is 284 g/mol. The summed E-state index contributed by atoms with van der Waals surface area (Å²) in [4.78, 5) is 16.5. The number of piperazine rings is 1. The predicted octanol–water partition coefficient (Wildman–Crippen LogP) is 1.49. The number of thioether (sulfide) groups is 1. The number of aromatic nitrogens is 2. The Bertz CT molecular complexity index is 443. The number of nitrogens with one attached hydrogen (secondary N) is 1. The maximum absolute atomic E-state index is 12.3. The zero-order valence-electron chi connectivity index (χ0n) is 11.3. The molecule has 2 heterocycles. The molecule has 106 valence electrons. The van der Waals surface area contributed by atoms with Gasteiger partial charge in [0.25, 0.3) is 5.91 Å². The van der Waals surface area contributed by atoms with E-state index in [2.05, 4.69) is 21.4 Å². The molecule has 7 heteroatoms. The second-order valence-electron chi connectivity index (χ2n) is 4.64. The molecule has 0 bridgehead atoms. The summed E-state index contributed by atoms with van der Waals surface area (Å²) in [6.45, 7) is 6.24. The Morgan fingerprint density at radius 2 is 2.11 bits per heavy atom. The minimum Gasteiger partial charge on any atom is -0.335 e. The number of carbonyl (C=O) groups is 1. The van der Waals surface area contributed by atoms with Gasteiger partial charge in [0.2, 0.25) is 0 Å². The number of hydrogen-bond donors (Lipinski definition) is 1. The first-order valence-corrected chi connectivity index (χ1v) is 8.11. The second kappa shape index (κ2) is 6.63. The molecule has 1 N–H and O–H groups in total. The summed E-state index contributed by atoms with van der Waals surface area (Å²) < 4.78 is 0. The lowest BCUT2D eigenvalue weighted by molar-refractivity contribution is 0.0639. The van der Waals surface area contributed by atoms with Crippen molar-refractivity contribution in [2.75, 3.05) is 44.7 Å². The van der Waals surface area contributed by atoms with Crippen LogP contribution in [0.5, 0.6) is 0 Å². The Balaban J connectivity index is 1.91. The van der Waals surface area contributed by atoms with E-state index < -0.39 is 0 Å². The van der Waals surface area contributed by atoms with E-state index >= 15 is 0 Å². The molecule has 19 heavy (non-hydrogen) atoms. The zero-order chi connectivity index (χ0) is 13.8. The second-order valence-corrected chi connectivity index (χ2v) is 6.00. The van der Waals surface area contributed by atoms with Gasteiger partial charge in [-0.05, 0) is 13.2 Å². The highest BCUT2D eigenvalue weighted by atomic mass is 35.5. The number of H-pyrrole nitrogens is 1. The van der Waals surface area contributed by atoms with E-state index in [0.29, 0.717) is 10.7 Å². The molecule has 1 fully saturated rings. The van der Waals surface area contributed by atoms with Crippen molar-refractivity contribution in [1.82, 2.24) is 20.0 Å². The fourth-order valence-corrected chi connectivity index (χ4v) is 2.71. The molecule has 0 radical (unpaired) electrons. The van der Waals surface area contributed by atoms with Crippen LogP contribution in [0.2, 0.25) is 5.02 Å². The van der Waals surface area contributed by atoms with Crippen LogP contribution in [0.3, 0.4) is 0 Å². The molecule has 0 saturated carbocycles. The number of amides is 1. The molecular formula is C12H19ClN4OS. The molecule has 1 aliphatic rings. The van der Waals surface area contributed by atoms with Crippen LogP contribution in [0, 0.1) is 6.92 Å². The Hall–Kier alpha value is -0.720. The first kappa shape index (κ1) is 14.7. The number of carbonyl (C=O) groups excluding carboxylic acids is 1. The van der Waals surface area contributed by atoms with Gasteiger partial charge in [-0.3, -0.25) is 14.8 Å². The summed E-state index contributed by atoms with van der Waals surface area (Å²) in [7, 11) is 0. The van der Waals surface area contributed by atoms with Crippen LogP contribution in [0.25, 0.3) is 0 Å². The van der Waals surface area contributed by atoms with Gasteiger partial charge >= 0.3 is 0 Å². The lowest BCUT2D eigenvalue weighted by Crippen LogP contribution is -2.49. The average Bonchev–Trinajstić information content (AvgIpc) is 2.76. The van der Waals surface area contributed by atoms with Gasteiger partial charge in [0.15, 0.2) is 5.69 Å². The third-order valence-corrected chi connectivity index (χ3v) is 4.40. The van der Waals surface area contributed by atoms with Crippen LogP contribution < -0.4 is 0 Å². The van der Waals surface area contributed by atoms with Gasteiger partial charge in [0.05, 0.1) is 10.7 Å². The molecule has 0 atom stereocenters. The van der Waals surface area contributed by atoms with Crippen LogP contribution in [0.4, 0.5) is 0 Å². The van der Waals surface area contributed by atoms with E-state index in [1.807, 2.05) is 23.6 Å². The fraction of sp³-hybridized carbons (Fsp3) is 0.667. The smallest absolute Gasteiger partial charge is 0.276 e. The van der Waals surface area contributed by atoms with Crippen molar-refractivity contribution in [3.63, 3.8) is 0 Å². The number of aryl methyl sites for hydroxylation is 1. The van der Waals surface area contributed by atoms with E-state index in [1.54, 1.807) is 0 Å². The summed E-state index contributed by atoms with van der Waals surface area (Å²) in [5, 5.41) is 7.18. The van der Waals surface area contributed by atoms with Gasteiger partial charge in [-0.15, -0.1) is 0 Å². The van der Waals surface area contributed by atoms with Gasteiger partial charge in [0, 0.05) is 38.5 Å². The number of hydrogen-bond acceptors (Lipinski definition) is 4. The Morgan fingerprint density at radius 3 is 2.63 bits per heavy atom. The molecule has 0 aromatic carbocycles. The maximum Gasteiger partial charge on any atom is 0.276 e. The topological polar surface area (TPSA) is 52.2 Å². The summed E-state index contributed by atoms with van der Waals surface area (Å²) in [5.74, 6) is 1.07. The van der Waals surface area contributed by atoms with Crippen molar-refractivity contribution in [2.24, 2.45) is 0 Å². The SMILES string of the molecule is CSCCN1CCN(C(=O)c2n[nH]c(C)c2Cl)CC1. The molecule has 1 aromatic heterocycles. The van der Waals surface area contributed by atoms with Crippen molar-refractivity contribution in [1.29, 1.82) is 0 Å². The largest absolute Gasteiger partial charge is 0.335 e. The average molecular weight is 303 g/mol. The quantitative estimate of drug-likeness (QED) is 0.915. The highest BCUT2D eigenvalue weighted by molar-refractivity contribution is 7.98. The van der Waals surface area contributed by atoms with Gasteiger partial charge in [-0.1, -0.05) is 11.6 Å². The van der Waals surface area contributed by atoms with Crippen molar-refractivity contribution < 1.29 is 4.79 Å². The van der Waals surface area contributed by atoms with E-state index in [4.69, 9.17) is 11.6 Å². The molecule has 5 nitrogen and oxygen atoms in total. The third kappa shape index (κ3) is 3.43. The number of halogens is 1. The Kier molecular flexibility index (Phi) is 5.13. The van der Waals surface area contributed by atoms with Crippen LogP contribution in [-0.4, -0.2) is 70.6 Å². The Morgan fingerprint density at radius 1 is 1.42 bits per heavy atom. The van der Waals surface area contributed by atoms with Crippen LogP contribution >= 0.6 is 23.4 Å². The van der Waals surface area contributed by atoms with E-state index in [0.717, 1.165) is 44.2 Å². The molecule has 0 spiro atoms. The lowest BCUT2D eigenvalue weighted by Gasteiger charge is -2.34. The highest BCUT2D eigenvalue weighted by Gasteiger charge is 2.25. The van der Waals surface area contributed by atoms with Crippen molar-refractivity contribution in [2.45, 2.75) is 6.92 Å². The van der Waals surface area contributed by atoms with Gasteiger partial charge in [-0.2, -0.15) is 16.9 Å². The fourth-order valence-electron chi connectivity index (χ4n) is 2.10. The Labute approximate surface area is 122 Å². The van der Waals surface area contributed by atoms with Gasteiger partial charge in [0.1, 0.15) is 0 Å². The first-order chi connectivity index (χ1) is 9.13. The monoisotopic (exact) mass is 302 g/mol. The summed E-state index contributed by atoms with van der Waals surface area (Å²) in [6.07, 6.45) is 2.11. The summed E-state index contributed by atoms with van der Waals surface area (Å²) in [5.41, 5.74) is 1.08. The standard InChI is InChI=1S/C12H19ClN4OS/c1-9-10(13)11(15-14-9)12(18)17-5-3-16(4-6-17)7-8-19-2/h3-8H2,1-2H3,(H,14,15). The van der Waals surface area contributed by atoms with Crippen molar-refractivity contribution in [3.05, 3.63) is 16.4 Å². The highest BCUT2D eigenvalue weighted by Crippen LogP contribution is 2.19. The van der Waals surface area contributed by atoms with Gasteiger partial charge < -0.3 is 4.90 Å². The molecule has 0 aliphatic carbocycles. The van der Waals surface area contributed by atoms with Crippen LogP contribution in [0.1, 0.15) is 16.2 Å².